The fourth-order valence-corrected chi connectivity index (χ4v) is 5.42. The Morgan fingerprint density at radius 3 is 2.32 bits per heavy atom. The number of benzene rings is 3. The summed E-state index contributed by atoms with van der Waals surface area (Å²) < 4.78 is 20.6. The Kier molecular flexibility index (Phi) is 13.9. The van der Waals surface area contributed by atoms with E-state index in [0.29, 0.717) is 24.5 Å². The molecule has 12 heteroatoms. The Hall–Kier alpha value is -5.04. The lowest BCUT2D eigenvalue weighted by atomic mass is 9.85. The molecule has 10 N–H and O–H groups in total. The summed E-state index contributed by atoms with van der Waals surface area (Å²) in [5.74, 6) is 0.782. The molecule has 0 aliphatic heterocycles. The molecule has 0 aliphatic carbocycles. The molecule has 284 valence electrons. The number of nitrogens with two attached hydrogens (primary N) is 4. The van der Waals surface area contributed by atoms with E-state index in [-0.39, 0.29) is 35.6 Å². The van der Waals surface area contributed by atoms with Crippen LogP contribution in [0.5, 0.6) is 5.75 Å². The summed E-state index contributed by atoms with van der Waals surface area (Å²) >= 11 is 0. The van der Waals surface area contributed by atoms with Gasteiger partial charge in [-0.05, 0) is 82.6 Å². The van der Waals surface area contributed by atoms with Crippen molar-refractivity contribution in [3.8, 4) is 22.6 Å². The van der Waals surface area contributed by atoms with Crippen molar-refractivity contribution in [1.29, 1.82) is 0 Å². The summed E-state index contributed by atoms with van der Waals surface area (Å²) in [5, 5.41) is 4.27. The van der Waals surface area contributed by atoms with Crippen molar-refractivity contribution in [3.63, 3.8) is 0 Å². The molecule has 53 heavy (non-hydrogen) atoms. The molecule has 0 spiro atoms. The zero-order chi connectivity index (χ0) is 38.8. The molecule has 2 heterocycles. The maximum atomic E-state index is 13.4. The number of alkyl halides is 1. The van der Waals surface area contributed by atoms with E-state index >= 15 is 0 Å². The van der Waals surface area contributed by atoms with E-state index in [9.17, 15) is 9.18 Å². The first-order chi connectivity index (χ1) is 25.1. The van der Waals surface area contributed by atoms with E-state index < -0.39 is 6.17 Å². The minimum atomic E-state index is -1.16. The largest absolute Gasteiger partial charge is 0.490 e. The van der Waals surface area contributed by atoms with E-state index in [1.165, 1.54) is 0 Å². The maximum Gasteiger partial charge on any atom is 0.354 e. The first-order valence-corrected chi connectivity index (χ1v) is 18.0. The molecule has 0 radical (unpaired) electrons. The highest BCUT2D eigenvalue weighted by molar-refractivity contribution is 5.76. The Bertz CT molecular complexity index is 2020. The third-order valence-electron chi connectivity index (χ3n) is 8.62. The van der Waals surface area contributed by atoms with Gasteiger partial charge in [0.15, 0.2) is 5.96 Å². The van der Waals surface area contributed by atoms with Crippen LogP contribution in [0.2, 0.25) is 0 Å². The molecule has 0 unspecified atom stereocenters. The van der Waals surface area contributed by atoms with Gasteiger partial charge >= 0.3 is 5.69 Å². The maximum absolute atomic E-state index is 13.4. The van der Waals surface area contributed by atoms with E-state index in [1.54, 1.807) is 4.57 Å². The first kappa shape index (κ1) is 40.7. The molecular formula is C41H56FN9O2. The van der Waals surface area contributed by atoms with Gasteiger partial charge < -0.3 is 38.0 Å². The SMILES string of the molecule is CC(C)(C)c1cc(OC[C@H](F)CN)cc(-c2cccc(CN)c2)c1.CC(C)(C)c1cc2cn(-c3ccc(CNCCCN=C(N)N)cc3)c(=O)nc2[nH]1. The van der Waals surface area contributed by atoms with E-state index in [0.717, 1.165) is 64.1 Å². The normalized spacial score (nSPS) is 12.2. The topological polar surface area (TPSA) is 188 Å². The van der Waals surface area contributed by atoms with Crippen LogP contribution in [0.15, 0.2) is 88.8 Å². The molecule has 11 nitrogen and oxygen atoms in total. The zero-order valence-electron chi connectivity index (χ0n) is 31.9. The standard InChI is InChI=1S/C21H29N7O.C20H27FN2O/c1-21(2,3)17-11-15-13-28(20(29)27-18(15)26-17)16-7-5-14(6-8-16)12-24-9-4-10-25-19(22)23;1-20(2,3)17-8-16(15-6-4-5-14(7-15)11-22)9-19(10-17)24-13-18(21)12-23/h5-8,11,13,24H,4,9-10,12H2,1-3H3,(H4,22,23,25)(H,26,27,29);4-10,18H,11-13,22-23H2,1-3H3/t;18-/m.1/s1. The van der Waals surface area contributed by atoms with Crippen molar-refractivity contribution in [2.75, 3.05) is 26.2 Å². The van der Waals surface area contributed by atoms with Crippen LogP contribution in [-0.2, 0) is 23.9 Å². The second-order valence-corrected chi connectivity index (χ2v) is 15.2. The van der Waals surface area contributed by atoms with Crippen molar-refractivity contribution < 1.29 is 9.13 Å². The van der Waals surface area contributed by atoms with Crippen molar-refractivity contribution >= 4 is 17.0 Å². The van der Waals surface area contributed by atoms with E-state index in [2.05, 4.69) is 80.0 Å². The predicted molar refractivity (Wildman–Crippen MR) is 215 cm³/mol. The van der Waals surface area contributed by atoms with Crippen LogP contribution in [0, 0.1) is 0 Å². The number of guanidine groups is 1. The minimum absolute atomic E-state index is 0.0352. The second-order valence-electron chi connectivity index (χ2n) is 15.2. The van der Waals surface area contributed by atoms with Gasteiger partial charge in [-0.15, -0.1) is 0 Å². The van der Waals surface area contributed by atoms with E-state index in [4.69, 9.17) is 27.7 Å². The fourth-order valence-electron chi connectivity index (χ4n) is 5.42. The van der Waals surface area contributed by atoms with Gasteiger partial charge in [-0.3, -0.25) is 9.56 Å². The number of fused-ring (bicyclic) bond motifs is 1. The molecule has 0 saturated carbocycles. The third-order valence-corrected chi connectivity index (χ3v) is 8.62. The lowest BCUT2D eigenvalue weighted by molar-refractivity contribution is 0.201. The molecule has 5 rings (SSSR count). The summed E-state index contributed by atoms with van der Waals surface area (Å²) in [6.07, 6.45) is 1.55. The van der Waals surface area contributed by atoms with Crippen LogP contribution in [-0.4, -0.2) is 52.9 Å². The number of hydrogen-bond donors (Lipinski definition) is 6. The summed E-state index contributed by atoms with van der Waals surface area (Å²) in [5.41, 5.74) is 29.2. The second kappa shape index (κ2) is 18.1. The van der Waals surface area contributed by atoms with Crippen LogP contribution in [0.1, 0.15) is 70.3 Å². The summed E-state index contributed by atoms with van der Waals surface area (Å²) in [7, 11) is 0. The monoisotopic (exact) mass is 725 g/mol. The molecular weight excluding hydrogens is 670 g/mol. The Balaban J connectivity index is 0.000000241. The Morgan fingerprint density at radius 1 is 0.943 bits per heavy atom. The van der Waals surface area contributed by atoms with Gasteiger partial charge in [-0.1, -0.05) is 77.9 Å². The van der Waals surface area contributed by atoms with Crippen molar-refractivity contribution in [2.24, 2.45) is 27.9 Å². The van der Waals surface area contributed by atoms with Crippen molar-refractivity contribution in [2.45, 2.75) is 78.1 Å². The summed E-state index contributed by atoms with van der Waals surface area (Å²) in [4.78, 5) is 23.9. The van der Waals surface area contributed by atoms with Gasteiger partial charge in [0.2, 0.25) is 0 Å². The lowest BCUT2D eigenvalue weighted by Crippen LogP contribution is -2.23. The molecule has 3 aromatic carbocycles. The van der Waals surface area contributed by atoms with Gasteiger partial charge in [0.05, 0.1) is 5.69 Å². The molecule has 0 fully saturated rings. The molecule has 2 aromatic heterocycles. The van der Waals surface area contributed by atoms with Crippen LogP contribution in [0.4, 0.5) is 4.39 Å². The molecule has 0 aliphatic rings. The van der Waals surface area contributed by atoms with Crippen molar-refractivity contribution in [1.82, 2.24) is 19.9 Å². The highest BCUT2D eigenvalue weighted by Gasteiger charge is 2.19. The molecule has 0 saturated heterocycles. The van der Waals surface area contributed by atoms with Gasteiger partial charge in [0, 0.05) is 48.9 Å². The van der Waals surface area contributed by atoms with Gasteiger partial charge in [0.25, 0.3) is 0 Å². The average Bonchev–Trinajstić information content (AvgIpc) is 3.55. The molecule has 5 aromatic rings. The van der Waals surface area contributed by atoms with Crippen LogP contribution < -0.4 is 38.7 Å². The summed E-state index contributed by atoms with van der Waals surface area (Å²) in [6.45, 7) is 15.4. The van der Waals surface area contributed by atoms with Gasteiger partial charge in [-0.25, -0.2) is 9.18 Å². The van der Waals surface area contributed by atoms with Crippen LogP contribution in [0.25, 0.3) is 27.8 Å². The number of aromatic amines is 1. The number of ether oxygens (including phenoxy) is 1. The molecule has 1 atom stereocenters. The Morgan fingerprint density at radius 2 is 1.68 bits per heavy atom. The van der Waals surface area contributed by atoms with Crippen LogP contribution in [0.3, 0.4) is 0 Å². The fraction of sp³-hybridized carbons (Fsp3) is 0.390. The smallest absolute Gasteiger partial charge is 0.354 e. The van der Waals surface area contributed by atoms with Gasteiger partial charge in [0.1, 0.15) is 24.2 Å². The number of nitrogens with zero attached hydrogens (tertiary/aromatic N) is 3. The number of rotatable bonds is 13. The quantitative estimate of drug-likeness (QED) is 0.0518. The van der Waals surface area contributed by atoms with E-state index in [1.807, 2.05) is 60.8 Å². The summed E-state index contributed by atoms with van der Waals surface area (Å²) in [6, 6.07) is 24.1. The van der Waals surface area contributed by atoms with Gasteiger partial charge in [-0.2, -0.15) is 4.98 Å². The molecule has 0 bridgehead atoms. The number of aromatic nitrogens is 3. The first-order valence-electron chi connectivity index (χ1n) is 18.0. The predicted octanol–water partition coefficient (Wildman–Crippen LogP) is 5.55. The number of aliphatic imine (C=N–C) groups is 1. The minimum Gasteiger partial charge on any atom is -0.490 e. The van der Waals surface area contributed by atoms with Crippen molar-refractivity contribution in [3.05, 3.63) is 112 Å². The third kappa shape index (κ3) is 12.0. The highest BCUT2D eigenvalue weighted by atomic mass is 19.1. The number of H-pyrrole nitrogens is 1. The average molecular weight is 726 g/mol. The molecule has 0 amide bonds. The number of hydrogen-bond acceptors (Lipinski definition) is 7. The number of halogens is 1. The van der Waals surface area contributed by atoms with Crippen LogP contribution >= 0.6 is 0 Å². The highest BCUT2D eigenvalue weighted by Crippen LogP contribution is 2.33. The number of nitrogens with one attached hydrogen (secondary N) is 2. The Labute approximate surface area is 312 Å². The lowest BCUT2D eigenvalue weighted by Gasteiger charge is -2.22. The zero-order valence-corrected chi connectivity index (χ0v) is 31.9.